The summed E-state index contributed by atoms with van der Waals surface area (Å²) in [6.07, 6.45) is 0.922. The SMILES string of the molecule is CCC(COC)Nc1cccc(C(=O)O)c1. The van der Waals surface area contributed by atoms with E-state index >= 15 is 0 Å². The molecule has 1 aromatic rings. The highest BCUT2D eigenvalue weighted by Crippen LogP contribution is 2.13. The Hall–Kier alpha value is -1.55. The minimum Gasteiger partial charge on any atom is -0.478 e. The van der Waals surface area contributed by atoms with Crippen LogP contribution in [-0.4, -0.2) is 30.8 Å². The predicted octanol–water partition coefficient (Wildman–Crippen LogP) is 2.22. The summed E-state index contributed by atoms with van der Waals surface area (Å²) >= 11 is 0. The highest BCUT2D eigenvalue weighted by Gasteiger charge is 2.07. The van der Waals surface area contributed by atoms with Crippen LogP contribution in [0.15, 0.2) is 24.3 Å². The number of ether oxygens (including phenoxy) is 1. The third-order valence-electron chi connectivity index (χ3n) is 2.34. The van der Waals surface area contributed by atoms with Gasteiger partial charge in [-0.25, -0.2) is 4.79 Å². The number of anilines is 1. The van der Waals surface area contributed by atoms with E-state index in [1.54, 1.807) is 25.3 Å². The van der Waals surface area contributed by atoms with E-state index in [4.69, 9.17) is 9.84 Å². The van der Waals surface area contributed by atoms with Gasteiger partial charge in [-0.2, -0.15) is 0 Å². The van der Waals surface area contributed by atoms with Crippen LogP contribution in [0.4, 0.5) is 5.69 Å². The van der Waals surface area contributed by atoms with Crippen LogP contribution in [-0.2, 0) is 4.74 Å². The van der Waals surface area contributed by atoms with Gasteiger partial charge >= 0.3 is 5.97 Å². The zero-order chi connectivity index (χ0) is 12.0. The summed E-state index contributed by atoms with van der Waals surface area (Å²) in [6, 6.07) is 6.98. The summed E-state index contributed by atoms with van der Waals surface area (Å²) in [4.78, 5) is 10.8. The fourth-order valence-electron chi connectivity index (χ4n) is 1.44. The second kappa shape index (κ2) is 6.12. The number of carboxylic acid groups (broad SMARTS) is 1. The molecule has 1 rings (SSSR count). The van der Waals surface area contributed by atoms with E-state index in [1.165, 1.54) is 0 Å². The van der Waals surface area contributed by atoms with Crippen LogP contribution in [0.2, 0.25) is 0 Å². The van der Waals surface area contributed by atoms with Crippen molar-refractivity contribution in [3.8, 4) is 0 Å². The number of carboxylic acids is 1. The second-order valence-corrected chi connectivity index (χ2v) is 3.59. The van der Waals surface area contributed by atoms with Crippen LogP contribution < -0.4 is 5.32 Å². The fourth-order valence-corrected chi connectivity index (χ4v) is 1.44. The van der Waals surface area contributed by atoms with Gasteiger partial charge in [-0.3, -0.25) is 0 Å². The summed E-state index contributed by atoms with van der Waals surface area (Å²) in [5.41, 5.74) is 1.10. The number of nitrogens with one attached hydrogen (secondary N) is 1. The van der Waals surface area contributed by atoms with E-state index in [-0.39, 0.29) is 11.6 Å². The smallest absolute Gasteiger partial charge is 0.335 e. The molecule has 88 valence electrons. The van der Waals surface area contributed by atoms with Crippen molar-refractivity contribution in [3.05, 3.63) is 29.8 Å². The predicted molar refractivity (Wildman–Crippen MR) is 63.0 cm³/mol. The first-order chi connectivity index (χ1) is 7.67. The Bertz CT molecular complexity index is 352. The molecule has 2 N–H and O–H groups in total. The number of hydrogen-bond acceptors (Lipinski definition) is 3. The minimum atomic E-state index is -0.913. The number of carbonyl (C=O) groups is 1. The van der Waals surface area contributed by atoms with Crippen LogP contribution in [0.5, 0.6) is 0 Å². The maximum atomic E-state index is 10.8. The molecule has 0 saturated carbocycles. The third-order valence-corrected chi connectivity index (χ3v) is 2.34. The van der Waals surface area contributed by atoms with Gasteiger partial charge in [0.25, 0.3) is 0 Å². The standard InChI is InChI=1S/C12H17NO3/c1-3-10(8-16-2)13-11-6-4-5-9(7-11)12(14)15/h4-7,10,13H,3,8H2,1-2H3,(H,14,15). The van der Waals surface area contributed by atoms with Gasteiger partial charge in [0, 0.05) is 18.8 Å². The van der Waals surface area contributed by atoms with Gasteiger partial charge in [-0.15, -0.1) is 0 Å². The summed E-state index contributed by atoms with van der Waals surface area (Å²) in [5, 5.41) is 12.1. The molecule has 0 spiro atoms. The van der Waals surface area contributed by atoms with E-state index in [9.17, 15) is 4.79 Å². The van der Waals surface area contributed by atoms with Crippen LogP contribution in [0.25, 0.3) is 0 Å². The molecule has 4 nitrogen and oxygen atoms in total. The average molecular weight is 223 g/mol. The molecule has 0 amide bonds. The van der Waals surface area contributed by atoms with Gasteiger partial charge < -0.3 is 15.2 Å². The molecule has 16 heavy (non-hydrogen) atoms. The topological polar surface area (TPSA) is 58.6 Å². The van der Waals surface area contributed by atoms with Crippen molar-refractivity contribution in [1.82, 2.24) is 0 Å². The van der Waals surface area contributed by atoms with Gasteiger partial charge in [0.15, 0.2) is 0 Å². The van der Waals surface area contributed by atoms with Crippen molar-refractivity contribution >= 4 is 11.7 Å². The van der Waals surface area contributed by atoms with Gasteiger partial charge in [-0.05, 0) is 24.6 Å². The molecular formula is C12H17NO3. The minimum absolute atomic E-state index is 0.203. The van der Waals surface area contributed by atoms with Gasteiger partial charge in [0.1, 0.15) is 0 Å². The second-order valence-electron chi connectivity index (χ2n) is 3.59. The zero-order valence-corrected chi connectivity index (χ0v) is 9.56. The number of benzene rings is 1. The summed E-state index contributed by atoms with van der Waals surface area (Å²) in [5.74, 6) is -0.913. The van der Waals surface area contributed by atoms with Crippen molar-refractivity contribution in [1.29, 1.82) is 0 Å². The van der Waals surface area contributed by atoms with Gasteiger partial charge in [-0.1, -0.05) is 13.0 Å². The first-order valence-corrected chi connectivity index (χ1v) is 5.26. The van der Waals surface area contributed by atoms with Crippen LogP contribution in [0.1, 0.15) is 23.7 Å². The Morgan fingerprint density at radius 1 is 1.56 bits per heavy atom. The lowest BCUT2D eigenvalue weighted by Gasteiger charge is -2.17. The van der Waals surface area contributed by atoms with Crippen LogP contribution in [0.3, 0.4) is 0 Å². The summed E-state index contributed by atoms with van der Waals surface area (Å²) in [7, 11) is 1.65. The van der Waals surface area contributed by atoms with Crippen LogP contribution >= 0.6 is 0 Å². The van der Waals surface area contributed by atoms with Crippen molar-refractivity contribution < 1.29 is 14.6 Å². The monoisotopic (exact) mass is 223 g/mol. The van der Waals surface area contributed by atoms with Crippen molar-refractivity contribution in [2.75, 3.05) is 19.0 Å². The lowest BCUT2D eigenvalue weighted by atomic mass is 10.1. The molecular weight excluding hydrogens is 206 g/mol. The molecule has 0 aliphatic rings. The fraction of sp³-hybridized carbons (Fsp3) is 0.417. The lowest BCUT2D eigenvalue weighted by Crippen LogP contribution is -2.23. The summed E-state index contributed by atoms with van der Waals surface area (Å²) < 4.78 is 5.07. The van der Waals surface area contributed by atoms with E-state index in [0.717, 1.165) is 12.1 Å². The van der Waals surface area contributed by atoms with Crippen molar-refractivity contribution in [2.45, 2.75) is 19.4 Å². The largest absolute Gasteiger partial charge is 0.478 e. The highest BCUT2D eigenvalue weighted by atomic mass is 16.5. The Labute approximate surface area is 95.2 Å². The van der Waals surface area contributed by atoms with E-state index in [1.807, 2.05) is 6.07 Å². The van der Waals surface area contributed by atoms with E-state index in [2.05, 4.69) is 12.2 Å². The number of methoxy groups -OCH3 is 1. The highest BCUT2D eigenvalue weighted by molar-refractivity contribution is 5.88. The molecule has 0 saturated heterocycles. The first-order valence-electron chi connectivity index (χ1n) is 5.26. The lowest BCUT2D eigenvalue weighted by molar-refractivity contribution is 0.0697. The Morgan fingerprint density at radius 2 is 2.31 bits per heavy atom. The molecule has 1 unspecified atom stereocenters. The van der Waals surface area contributed by atoms with Crippen LogP contribution in [0, 0.1) is 0 Å². The third kappa shape index (κ3) is 3.55. The quantitative estimate of drug-likeness (QED) is 0.776. The maximum absolute atomic E-state index is 10.8. The number of hydrogen-bond donors (Lipinski definition) is 2. The maximum Gasteiger partial charge on any atom is 0.335 e. The zero-order valence-electron chi connectivity index (χ0n) is 9.56. The molecule has 0 aliphatic carbocycles. The molecule has 0 aliphatic heterocycles. The Morgan fingerprint density at radius 3 is 2.88 bits per heavy atom. The Balaban J connectivity index is 2.72. The normalized spacial score (nSPS) is 12.1. The van der Waals surface area contributed by atoms with Gasteiger partial charge in [0.2, 0.25) is 0 Å². The molecule has 0 aromatic heterocycles. The summed E-state index contributed by atoms with van der Waals surface area (Å²) in [6.45, 7) is 2.66. The molecule has 0 bridgehead atoms. The first kappa shape index (κ1) is 12.5. The molecule has 0 fully saturated rings. The molecule has 0 radical (unpaired) electrons. The molecule has 4 heteroatoms. The van der Waals surface area contributed by atoms with E-state index < -0.39 is 5.97 Å². The molecule has 0 heterocycles. The molecule has 1 aromatic carbocycles. The van der Waals surface area contributed by atoms with Crippen molar-refractivity contribution in [3.63, 3.8) is 0 Å². The number of rotatable bonds is 6. The van der Waals surface area contributed by atoms with Crippen molar-refractivity contribution in [2.24, 2.45) is 0 Å². The van der Waals surface area contributed by atoms with E-state index in [0.29, 0.717) is 6.61 Å². The number of aromatic carboxylic acids is 1. The van der Waals surface area contributed by atoms with Gasteiger partial charge in [0.05, 0.1) is 12.2 Å². The average Bonchev–Trinajstić information content (AvgIpc) is 2.29. The molecule has 1 atom stereocenters. The Kier molecular flexibility index (Phi) is 4.79.